The number of nitrogens with one attached hydrogen (secondary N) is 1. The molecule has 0 aliphatic rings. The summed E-state index contributed by atoms with van der Waals surface area (Å²) in [7, 11) is 0.452. The van der Waals surface area contributed by atoms with Crippen LogP contribution >= 0.6 is 0 Å². The Hall–Kier alpha value is -3.56. The van der Waals surface area contributed by atoms with Gasteiger partial charge < -0.3 is 19.5 Å². The lowest BCUT2D eigenvalue weighted by molar-refractivity contribution is -0.122. The van der Waals surface area contributed by atoms with Crippen molar-refractivity contribution in [1.82, 2.24) is 9.62 Å². The van der Waals surface area contributed by atoms with Gasteiger partial charge in [-0.25, -0.2) is 8.42 Å². The van der Waals surface area contributed by atoms with Crippen molar-refractivity contribution in [3.05, 3.63) is 83.9 Å². The van der Waals surface area contributed by atoms with E-state index in [1.54, 1.807) is 19.2 Å². The zero-order valence-electron chi connectivity index (χ0n) is 20.2. The van der Waals surface area contributed by atoms with E-state index in [-0.39, 0.29) is 29.8 Å². The third-order valence-electron chi connectivity index (χ3n) is 5.51. The first-order chi connectivity index (χ1) is 16.8. The second-order valence-corrected chi connectivity index (χ2v) is 9.78. The summed E-state index contributed by atoms with van der Waals surface area (Å²) in [6.07, 6.45) is 0. The summed E-state index contributed by atoms with van der Waals surface area (Å²) in [4.78, 5) is 13.0. The van der Waals surface area contributed by atoms with E-state index in [4.69, 9.17) is 14.2 Å². The average Bonchev–Trinajstić information content (AvgIpc) is 2.88. The molecule has 0 bridgehead atoms. The summed E-state index contributed by atoms with van der Waals surface area (Å²) in [5, 5.41) is 2.88. The highest BCUT2D eigenvalue weighted by Crippen LogP contribution is 2.31. The summed E-state index contributed by atoms with van der Waals surface area (Å²) >= 11 is 0. The van der Waals surface area contributed by atoms with Crippen LogP contribution in [0.3, 0.4) is 0 Å². The maximum absolute atomic E-state index is 13.6. The first-order valence-corrected chi connectivity index (χ1v) is 12.4. The van der Waals surface area contributed by atoms with Crippen LogP contribution in [0, 0.1) is 0 Å². The minimum Gasteiger partial charge on any atom is -0.497 e. The van der Waals surface area contributed by atoms with Gasteiger partial charge in [-0.15, -0.1) is 0 Å². The topological polar surface area (TPSA) is 94.2 Å². The Morgan fingerprint density at radius 3 is 2.14 bits per heavy atom. The van der Waals surface area contributed by atoms with Gasteiger partial charge >= 0.3 is 0 Å². The van der Waals surface area contributed by atoms with Gasteiger partial charge in [0.15, 0.2) is 11.5 Å². The van der Waals surface area contributed by atoms with Crippen molar-refractivity contribution in [2.24, 2.45) is 0 Å². The van der Waals surface area contributed by atoms with Crippen LogP contribution in [0.25, 0.3) is 0 Å². The molecule has 0 heterocycles. The van der Waals surface area contributed by atoms with Crippen molar-refractivity contribution in [1.29, 1.82) is 0 Å². The summed E-state index contributed by atoms with van der Waals surface area (Å²) < 4.78 is 44.0. The molecule has 3 rings (SSSR count). The molecule has 9 heteroatoms. The minimum atomic E-state index is -4.04. The maximum atomic E-state index is 13.6. The fourth-order valence-corrected chi connectivity index (χ4v) is 4.96. The number of sulfonamides is 1. The molecule has 0 aromatic heterocycles. The van der Waals surface area contributed by atoms with E-state index >= 15 is 0 Å². The van der Waals surface area contributed by atoms with Gasteiger partial charge in [0.2, 0.25) is 15.9 Å². The Bertz CT molecular complexity index is 1230. The predicted octanol–water partition coefficient (Wildman–Crippen LogP) is 3.78. The highest BCUT2D eigenvalue weighted by atomic mass is 32.2. The van der Waals surface area contributed by atoms with E-state index < -0.39 is 15.9 Å². The molecule has 0 saturated carbocycles. The number of hydrogen-bond donors (Lipinski definition) is 1. The van der Waals surface area contributed by atoms with Crippen molar-refractivity contribution in [2.45, 2.75) is 24.4 Å². The monoisotopic (exact) mass is 498 g/mol. The number of methoxy groups -OCH3 is 3. The molecule has 0 radical (unpaired) electrons. The molecule has 35 heavy (non-hydrogen) atoms. The number of ether oxygens (including phenoxy) is 3. The molecule has 0 fully saturated rings. The Balaban J connectivity index is 1.85. The van der Waals surface area contributed by atoms with Gasteiger partial charge in [-0.05, 0) is 42.3 Å². The van der Waals surface area contributed by atoms with Crippen LogP contribution in [-0.4, -0.2) is 46.5 Å². The van der Waals surface area contributed by atoms with Crippen LogP contribution in [0.5, 0.6) is 17.2 Å². The lowest BCUT2D eigenvalue weighted by Crippen LogP contribution is -2.41. The van der Waals surface area contributed by atoms with Gasteiger partial charge in [0.05, 0.1) is 38.8 Å². The van der Waals surface area contributed by atoms with Crippen LogP contribution in [0.2, 0.25) is 0 Å². The Morgan fingerprint density at radius 1 is 0.886 bits per heavy atom. The SMILES string of the molecule is COc1ccc([C@@H](C)NC(=O)CN(Cc2ccccc2)S(=O)(=O)c2ccc(OC)c(OC)c2)cc1. The first-order valence-electron chi connectivity index (χ1n) is 11.0. The van der Waals surface area contributed by atoms with E-state index in [1.807, 2.05) is 49.4 Å². The van der Waals surface area contributed by atoms with E-state index in [0.717, 1.165) is 15.4 Å². The van der Waals surface area contributed by atoms with Gasteiger partial charge in [-0.3, -0.25) is 4.79 Å². The number of rotatable bonds is 11. The zero-order valence-corrected chi connectivity index (χ0v) is 21.0. The molecule has 3 aromatic carbocycles. The number of hydrogen-bond acceptors (Lipinski definition) is 6. The number of carbonyl (C=O) groups excluding carboxylic acids is 1. The molecule has 0 spiro atoms. The van der Waals surface area contributed by atoms with Gasteiger partial charge in [0.1, 0.15) is 5.75 Å². The van der Waals surface area contributed by atoms with Crippen LogP contribution in [0.1, 0.15) is 24.1 Å². The van der Waals surface area contributed by atoms with Gasteiger partial charge in [-0.1, -0.05) is 42.5 Å². The summed E-state index contributed by atoms with van der Waals surface area (Å²) in [6.45, 7) is 1.51. The first kappa shape index (κ1) is 26.1. The molecule has 0 unspecified atom stereocenters. The summed E-state index contributed by atoms with van der Waals surface area (Å²) in [5.74, 6) is 0.980. The van der Waals surface area contributed by atoms with Crippen molar-refractivity contribution in [3.63, 3.8) is 0 Å². The Kier molecular flexibility index (Phi) is 8.73. The molecule has 1 N–H and O–H groups in total. The maximum Gasteiger partial charge on any atom is 0.243 e. The molecule has 186 valence electrons. The molecule has 0 saturated heterocycles. The molecule has 0 aliphatic heterocycles. The van der Waals surface area contributed by atoms with Gasteiger partial charge in [0.25, 0.3) is 0 Å². The van der Waals surface area contributed by atoms with Crippen molar-refractivity contribution in [2.75, 3.05) is 27.9 Å². The molecule has 0 aliphatic carbocycles. The molecular formula is C26H30N2O6S. The second kappa shape index (κ2) is 11.7. The van der Waals surface area contributed by atoms with E-state index in [0.29, 0.717) is 11.5 Å². The quantitative estimate of drug-likeness (QED) is 0.432. The summed E-state index contributed by atoms with van der Waals surface area (Å²) in [6, 6.07) is 20.5. The van der Waals surface area contributed by atoms with E-state index in [9.17, 15) is 13.2 Å². The molecule has 8 nitrogen and oxygen atoms in total. The highest BCUT2D eigenvalue weighted by molar-refractivity contribution is 7.89. The lowest BCUT2D eigenvalue weighted by Gasteiger charge is -2.24. The highest BCUT2D eigenvalue weighted by Gasteiger charge is 2.28. The normalized spacial score (nSPS) is 12.1. The fourth-order valence-electron chi connectivity index (χ4n) is 3.56. The standard InChI is InChI=1S/C26H30N2O6S/c1-19(21-10-12-22(32-2)13-11-21)27-26(29)18-28(17-20-8-6-5-7-9-20)35(30,31)23-14-15-24(33-3)25(16-23)34-4/h5-16,19H,17-18H2,1-4H3,(H,27,29)/t19-/m1/s1. The number of amides is 1. The van der Waals surface area contributed by atoms with Crippen LogP contribution in [0.4, 0.5) is 0 Å². The smallest absolute Gasteiger partial charge is 0.243 e. The number of benzene rings is 3. The molecule has 1 atom stereocenters. The van der Waals surface area contributed by atoms with E-state index in [2.05, 4.69) is 5.32 Å². The minimum absolute atomic E-state index is 0.00193. The average molecular weight is 499 g/mol. The second-order valence-electron chi connectivity index (χ2n) is 7.84. The number of nitrogens with zero attached hydrogens (tertiary/aromatic N) is 1. The van der Waals surface area contributed by atoms with Crippen molar-refractivity contribution < 1.29 is 27.4 Å². The predicted molar refractivity (Wildman–Crippen MR) is 133 cm³/mol. The van der Waals surface area contributed by atoms with Crippen LogP contribution in [0.15, 0.2) is 77.7 Å². The third kappa shape index (κ3) is 6.52. The zero-order chi connectivity index (χ0) is 25.4. The summed E-state index contributed by atoms with van der Waals surface area (Å²) in [5.41, 5.74) is 1.63. The molecular weight excluding hydrogens is 468 g/mol. The van der Waals surface area contributed by atoms with Crippen molar-refractivity contribution in [3.8, 4) is 17.2 Å². The van der Waals surface area contributed by atoms with E-state index in [1.165, 1.54) is 32.4 Å². The van der Waals surface area contributed by atoms with Gasteiger partial charge in [-0.2, -0.15) is 4.31 Å². The van der Waals surface area contributed by atoms with Crippen LogP contribution in [-0.2, 0) is 21.4 Å². The third-order valence-corrected chi connectivity index (χ3v) is 7.30. The molecule has 1 amide bonds. The fraction of sp³-hybridized carbons (Fsp3) is 0.269. The van der Waals surface area contributed by atoms with Crippen molar-refractivity contribution >= 4 is 15.9 Å². The molecule has 3 aromatic rings. The largest absolute Gasteiger partial charge is 0.497 e. The number of carbonyl (C=O) groups is 1. The lowest BCUT2D eigenvalue weighted by atomic mass is 10.1. The van der Waals surface area contributed by atoms with Gasteiger partial charge in [0, 0.05) is 12.6 Å². The Morgan fingerprint density at radius 2 is 1.54 bits per heavy atom. The Labute approximate surface area is 206 Å². The van der Waals surface area contributed by atoms with Crippen LogP contribution < -0.4 is 19.5 Å².